The minimum Gasteiger partial charge on any atom is -0.458 e. The summed E-state index contributed by atoms with van der Waals surface area (Å²) in [6.07, 6.45) is 2.25. The summed E-state index contributed by atoms with van der Waals surface area (Å²) < 4.78 is 4.63. The summed E-state index contributed by atoms with van der Waals surface area (Å²) >= 11 is 0. The van der Waals surface area contributed by atoms with Crippen LogP contribution in [0.2, 0.25) is 0 Å². The van der Waals surface area contributed by atoms with E-state index in [0.717, 1.165) is 12.0 Å². The molecule has 2 N–H and O–H groups in total. The van der Waals surface area contributed by atoms with Crippen LogP contribution in [0, 0.1) is 0 Å². The van der Waals surface area contributed by atoms with Gasteiger partial charge in [-0.15, -0.1) is 0 Å². The van der Waals surface area contributed by atoms with Crippen molar-refractivity contribution in [2.75, 3.05) is 6.61 Å². The fraction of sp³-hybridized carbons (Fsp3) is 0.385. The van der Waals surface area contributed by atoms with Gasteiger partial charge in [-0.2, -0.15) is 0 Å². The van der Waals surface area contributed by atoms with Crippen LogP contribution in [0.4, 0.5) is 0 Å². The molecule has 17 heavy (non-hydrogen) atoms. The summed E-state index contributed by atoms with van der Waals surface area (Å²) in [5, 5.41) is 0. The Labute approximate surface area is 101 Å². The highest BCUT2D eigenvalue weighted by molar-refractivity contribution is 5.71. The van der Waals surface area contributed by atoms with Gasteiger partial charge >= 0.3 is 5.97 Å². The van der Waals surface area contributed by atoms with Crippen molar-refractivity contribution in [2.45, 2.75) is 25.3 Å². The Kier molecular flexibility index (Phi) is 5.96. The van der Waals surface area contributed by atoms with Crippen molar-refractivity contribution < 1.29 is 14.3 Å². The lowest BCUT2D eigenvalue weighted by Gasteiger charge is -2.11. The maximum atomic E-state index is 11.1. The van der Waals surface area contributed by atoms with Gasteiger partial charge in [0, 0.05) is 12.5 Å². The normalized spacial score (nSPS) is 11.8. The zero-order chi connectivity index (χ0) is 12.5. The summed E-state index contributed by atoms with van der Waals surface area (Å²) in [7, 11) is 0. The number of esters is 1. The van der Waals surface area contributed by atoms with Gasteiger partial charge in [-0.1, -0.05) is 30.3 Å². The molecule has 92 valence electrons. The van der Waals surface area contributed by atoms with Crippen LogP contribution in [0.1, 0.15) is 30.9 Å². The lowest BCUT2D eigenvalue weighted by Crippen LogP contribution is -2.12. The molecule has 0 fully saturated rings. The predicted octanol–water partition coefficient (Wildman–Crippen LogP) is 1.60. The first-order chi connectivity index (χ1) is 8.24. The first-order valence-corrected chi connectivity index (χ1v) is 5.64. The molecule has 0 saturated heterocycles. The quantitative estimate of drug-likeness (QED) is 0.575. The van der Waals surface area contributed by atoms with Crippen molar-refractivity contribution in [3.05, 3.63) is 35.9 Å². The van der Waals surface area contributed by atoms with Gasteiger partial charge in [0.15, 0.2) is 6.29 Å². The van der Waals surface area contributed by atoms with Crippen LogP contribution in [0.3, 0.4) is 0 Å². The Morgan fingerprint density at radius 3 is 2.71 bits per heavy atom. The molecule has 1 atom stereocenters. The molecular formula is C13H17NO3. The van der Waals surface area contributed by atoms with Gasteiger partial charge in [0.25, 0.3) is 0 Å². The molecule has 0 saturated carbocycles. The van der Waals surface area contributed by atoms with Crippen LogP contribution in [0.25, 0.3) is 0 Å². The Hall–Kier alpha value is -1.68. The van der Waals surface area contributed by atoms with E-state index in [1.807, 2.05) is 30.3 Å². The van der Waals surface area contributed by atoms with Crippen LogP contribution in [0.15, 0.2) is 30.3 Å². The number of hydrogen-bond acceptors (Lipinski definition) is 4. The Morgan fingerprint density at radius 2 is 2.06 bits per heavy atom. The van der Waals surface area contributed by atoms with Gasteiger partial charge in [-0.05, 0) is 18.4 Å². The van der Waals surface area contributed by atoms with Gasteiger partial charge in [0.2, 0.25) is 0 Å². The summed E-state index contributed by atoms with van der Waals surface area (Å²) in [5.74, 6) is -0.350. The molecule has 1 aromatic carbocycles. The highest BCUT2D eigenvalue weighted by Crippen LogP contribution is 2.16. The van der Waals surface area contributed by atoms with Crippen molar-refractivity contribution in [3.8, 4) is 0 Å². The number of carbonyl (C=O) groups is 2. The minimum atomic E-state index is -0.350. The molecule has 0 bridgehead atoms. The molecule has 0 amide bonds. The summed E-state index contributed by atoms with van der Waals surface area (Å²) in [6.45, 7) is -0.163. The van der Waals surface area contributed by atoms with Crippen LogP contribution >= 0.6 is 0 Å². The first-order valence-electron chi connectivity index (χ1n) is 5.64. The van der Waals surface area contributed by atoms with Gasteiger partial charge in [0.05, 0.1) is 0 Å². The number of benzene rings is 1. The Bertz CT molecular complexity index is 351. The molecule has 1 rings (SSSR count). The third kappa shape index (κ3) is 5.26. The third-order valence-corrected chi connectivity index (χ3v) is 2.44. The Morgan fingerprint density at radius 1 is 1.35 bits per heavy atom. The molecule has 1 unspecified atom stereocenters. The van der Waals surface area contributed by atoms with E-state index in [0.29, 0.717) is 19.1 Å². The van der Waals surface area contributed by atoms with Crippen LogP contribution < -0.4 is 5.73 Å². The van der Waals surface area contributed by atoms with E-state index in [-0.39, 0.29) is 18.6 Å². The van der Waals surface area contributed by atoms with E-state index in [4.69, 9.17) is 5.73 Å². The van der Waals surface area contributed by atoms with Gasteiger partial charge < -0.3 is 10.5 Å². The smallest absolute Gasteiger partial charge is 0.306 e. The monoisotopic (exact) mass is 235 g/mol. The lowest BCUT2D eigenvalue weighted by molar-refractivity contribution is -0.145. The summed E-state index contributed by atoms with van der Waals surface area (Å²) in [4.78, 5) is 21.1. The second kappa shape index (κ2) is 7.57. The summed E-state index contributed by atoms with van der Waals surface area (Å²) in [6, 6.07) is 9.69. The fourth-order valence-corrected chi connectivity index (χ4v) is 1.53. The largest absolute Gasteiger partial charge is 0.458 e. The number of aldehydes is 1. The van der Waals surface area contributed by atoms with Crippen molar-refractivity contribution in [1.82, 2.24) is 0 Å². The van der Waals surface area contributed by atoms with Crippen LogP contribution in [-0.4, -0.2) is 18.9 Å². The highest BCUT2D eigenvalue weighted by atomic mass is 16.5. The van der Waals surface area contributed by atoms with E-state index < -0.39 is 0 Å². The molecule has 0 aromatic heterocycles. The van der Waals surface area contributed by atoms with Crippen LogP contribution in [0.5, 0.6) is 0 Å². The van der Waals surface area contributed by atoms with Crippen molar-refractivity contribution in [3.63, 3.8) is 0 Å². The Balaban J connectivity index is 2.22. The van der Waals surface area contributed by atoms with Crippen molar-refractivity contribution in [2.24, 2.45) is 5.73 Å². The fourth-order valence-electron chi connectivity index (χ4n) is 1.53. The van der Waals surface area contributed by atoms with E-state index in [9.17, 15) is 9.59 Å². The molecule has 0 aliphatic rings. The first kappa shape index (κ1) is 13.4. The number of rotatable bonds is 7. The average Bonchev–Trinajstić information content (AvgIpc) is 2.37. The molecule has 0 aliphatic heterocycles. The zero-order valence-electron chi connectivity index (χ0n) is 9.67. The van der Waals surface area contributed by atoms with Crippen molar-refractivity contribution in [1.29, 1.82) is 0 Å². The molecule has 0 aliphatic carbocycles. The van der Waals surface area contributed by atoms with E-state index in [1.54, 1.807) is 0 Å². The topological polar surface area (TPSA) is 69.4 Å². The van der Waals surface area contributed by atoms with Crippen LogP contribution in [-0.2, 0) is 14.3 Å². The number of carbonyl (C=O) groups excluding carboxylic acids is 2. The molecular weight excluding hydrogens is 218 g/mol. The standard InChI is InChI=1S/C13H17NO3/c14-12(11-5-2-1-3-6-11)7-4-8-13(16)17-10-9-15/h1-3,5-6,9,12H,4,7-8,10,14H2. The minimum absolute atomic E-state index is 0.0601. The molecule has 1 aromatic rings. The summed E-state index contributed by atoms with van der Waals surface area (Å²) in [5.41, 5.74) is 7.04. The lowest BCUT2D eigenvalue weighted by atomic mass is 10.0. The molecule has 4 nitrogen and oxygen atoms in total. The van der Waals surface area contributed by atoms with E-state index in [2.05, 4.69) is 4.74 Å². The second-order valence-corrected chi connectivity index (χ2v) is 3.76. The number of nitrogens with two attached hydrogens (primary N) is 1. The highest BCUT2D eigenvalue weighted by Gasteiger charge is 2.07. The SMILES string of the molecule is NC(CCCC(=O)OCC=O)c1ccccc1. The van der Waals surface area contributed by atoms with Crippen molar-refractivity contribution >= 4 is 12.3 Å². The zero-order valence-corrected chi connectivity index (χ0v) is 9.67. The molecule has 0 heterocycles. The maximum absolute atomic E-state index is 11.1. The predicted molar refractivity (Wildman–Crippen MR) is 64.2 cm³/mol. The molecule has 4 heteroatoms. The van der Waals surface area contributed by atoms with E-state index >= 15 is 0 Å². The molecule has 0 radical (unpaired) electrons. The van der Waals surface area contributed by atoms with Gasteiger partial charge in [-0.3, -0.25) is 9.59 Å². The maximum Gasteiger partial charge on any atom is 0.306 e. The van der Waals surface area contributed by atoms with Gasteiger partial charge in [0.1, 0.15) is 6.61 Å². The second-order valence-electron chi connectivity index (χ2n) is 3.76. The van der Waals surface area contributed by atoms with E-state index in [1.165, 1.54) is 0 Å². The number of ether oxygens (including phenoxy) is 1. The average molecular weight is 235 g/mol. The number of hydrogen-bond donors (Lipinski definition) is 1. The van der Waals surface area contributed by atoms with Gasteiger partial charge in [-0.25, -0.2) is 0 Å². The third-order valence-electron chi connectivity index (χ3n) is 2.44. The molecule has 0 spiro atoms.